The van der Waals surface area contributed by atoms with E-state index in [9.17, 15) is 0 Å². The molecule has 5 nitrogen and oxygen atoms in total. The van der Waals surface area contributed by atoms with Crippen LogP contribution in [0.15, 0.2) is 17.8 Å². The molecule has 0 atom stereocenters. The molecule has 1 spiro atoms. The molecule has 102 valence electrons. The molecule has 0 bridgehead atoms. The van der Waals surface area contributed by atoms with Gasteiger partial charge in [-0.15, -0.1) is 11.3 Å². The second-order valence-corrected chi connectivity index (χ2v) is 6.12. The number of aromatic nitrogens is 2. The molecule has 0 aromatic carbocycles. The van der Waals surface area contributed by atoms with Crippen LogP contribution < -0.4 is 0 Å². The monoisotopic (exact) mass is 279 g/mol. The maximum atomic E-state index is 5.81. The van der Waals surface area contributed by atoms with E-state index in [1.54, 1.807) is 11.3 Å². The van der Waals surface area contributed by atoms with Crippen molar-refractivity contribution in [3.8, 4) is 0 Å². The van der Waals surface area contributed by atoms with Crippen LogP contribution in [0.2, 0.25) is 0 Å². The number of nitrogens with zero attached hydrogens (tertiary/aromatic N) is 3. The van der Waals surface area contributed by atoms with Crippen LogP contribution in [0.3, 0.4) is 0 Å². The highest BCUT2D eigenvalue weighted by Crippen LogP contribution is 2.30. The molecular weight excluding hydrogens is 262 g/mol. The van der Waals surface area contributed by atoms with E-state index in [0.717, 1.165) is 56.3 Å². The van der Waals surface area contributed by atoms with Gasteiger partial charge in [-0.05, 0) is 13.0 Å². The molecule has 4 rings (SSSR count). The summed E-state index contributed by atoms with van der Waals surface area (Å²) in [6.45, 7) is 4.29. The van der Waals surface area contributed by atoms with Gasteiger partial charge in [-0.1, -0.05) is 0 Å². The predicted octanol–water partition coefficient (Wildman–Crippen LogP) is 1.73. The first-order chi connectivity index (χ1) is 9.33. The number of fused-ring (bicyclic) bond motifs is 1. The topological polar surface area (TPSA) is 39.0 Å². The fourth-order valence-electron chi connectivity index (χ4n) is 3.02. The van der Waals surface area contributed by atoms with Crippen LogP contribution in [0.1, 0.15) is 18.5 Å². The van der Waals surface area contributed by atoms with Gasteiger partial charge in [-0.3, -0.25) is 9.30 Å². The molecule has 19 heavy (non-hydrogen) atoms. The summed E-state index contributed by atoms with van der Waals surface area (Å²) in [5.41, 5.74) is 1.13. The molecule has 4 heterocycles. The molecule has 0 saturated carbocycles. The second-order valence-electron chi connectivity index (χ2n) is 5.25. The van der Waals surface area contributed by atoms with Gasteiger partial charge < -0.3 is 9.47 Å². The fraction of sp³-hybridized carbons (Fsp3) is 0.615. The molecule has 2 aliphatic rings. The van der Waals surface area contributed by atoms with E-state index in [-0.39, 0.29) is 5.79 Å². The molecule has 2 saturated heterocycles. The summed E-state index contributed by atoms with van der Waals surface area (Å²) in [5, 5.41) is 2.06. The van der Waals surface area contributed by atoms with Gasteiger partial charge in [0.05, 0.1) is 25.5 Å². The predicted molar refractivity (Wildman–Crippen MR) is 72.2 cm³/mol. The molecule has 0 radical (unpaired) electrons. The van der Waals surface area contributed by atoms with Crippen LogP contribution in [-0.4, -0.2) is 46.4 Å². The highest BCUT2D eigenvalue weighted by Gasteiger charge is 2.40. The minimum atomic E-state index is -0.338. The molecule has 6 heteroatoms. The van der Waals surface area contributed by atoms with Crippen LogP contribution in [0.5, 0.6) is 0 Å². The van der Waals surface area contributed by atoms with Crippen LogP contribution in [0.4, 0.5) is 0 Å². The van der Waals surface area contributed by atoms with Crippen molar-refractivity contribution in [2.45, 2.75) is 25.2 Å². The van der Waals surface area contributed by atoms with Crippen molar-refractivity contribution in [1.82, 2.24) is 14.3 Å². The van der Waals surface area contributed by atoms with Gasteiger partial charge in [0.15, 0.2) is 10.7 Å². The Morgan fingerprint density at radius 2 is 2.26 bits per heavy atom. The van der Waals surface area contributed by atoms with Crippen molar-refractivity contribution in [3.63, 3.8) is 0 Å². The van der Waals surface area contributed by atoms with E-state index in [1.807, 2.05) is 0 Å². The quantitative estimate of drug-likeness (QED) is 0.839. The number of rotatable bonds is 2. The lowest BCUT2D eigenvalue weighted by Crippen LogP contribution is -2.48. The summed E-state index contributed by atoms with van der Waals surface area (Å²) in [6.07, 6.45) is 6.31. The number of ether oxygens (including phenoxy) is 2. The lowest BCUT2D eigenvalue weighted by atomic mass is 10.0. The average molecular weight is 279 g/mol. The van der Waals surface area contributed by atoms with Crippen molar-refractivity contribution in [3.05, 3.63) is 23.5 Å². The van der Waals surface area contributed by atoms with Crippen molar-refractivity contribution in [1.29, 1.82) is 0 Å². The summed E-state index contributed by atoms with van der Waals surface area (Å²) < 4.78 is 13.7. The summed E-state index contributed by atoms with van der Waals surface area (Å²) >= 11 is 1.67. The van der Waals surface area contributed by atoms with Gasteiger partial charge in [0.1, 0.15) is 0 Å². The van der Waals surface area contributed by atoms with Crippen molar-refractivity contribution >= 4 is 16.3 Å². The lowest BCUT2D eigenvalue weighted by Gasteiger charge is -2.38. The van der Waals surface area contributed by atoms with Crippen LogP contribution >= 0.6 is 11.3 Å². The zero-order chi connectivity index (χ0) is 12.7. The Morgan fingerprint density at radius 1 is 1.37 bits per heavy atom. The van der Waals surface area contributed by atoms with Gasteiger partial charge in [-0.25, -0.2) is 4.98 Å². The average Bonchev–Trinajstić information content (AvgIpc) is 3.06. The Labute approximate surface area is 115 Å². The molecular formula is C13H17N3O2S. The van der Waals surface area contributed by atoms with Crippen molar-refractivity contribution in [2.24, 2.45) is 0 Å². The van der Waals surface area contributed by atoms with Gasteiger partial charge in [0.2, 0.25) is 0 Å². The normalized spacial score (nSPS) is 23.6. The van der Waals surface area contributed by atoms with E-state index in [2.05, 4.69) is 32.1 Å². The highest BCUT2D eigenvalue weighted by atomic mass is 32.1. The molecule has 0 N–H and O–H groups in total. The first-order valence-corrected chi connectivity index (χ1v) is 7.62. The third kappa shape index (κ3) is 2.18. The largest absolute Gasteiger partial charge is 0.346 e. The summed E-state index contributed by atoms with van der Waals surface area (Å²) in [7, 11) is 0. The van der Waals surface area contributed by atoms with Crippen molar-refractivity contribution < 1.29 is 9.47 Å². The molecule has 2 aliphatic heterocycles. The first-order valence-electron chi connectivity index (χ1n) is 6.74. The second kappa shape index (κ2) is 4.56. The van der Waals surface area contributed by atoms with Gasteiger partial charge in [-0.2, -0.15) is 0 Å². The molecule has 2 aromatic heterocycles. The lowest BCUT2D eigenvalue weighted by molar-refractivity contribution is -0.190. The Kier molecular flexibility index (Phi) is 2.84. The van der Waals surface area contributed by atoms with Crippen LogP contribution in [0, 0.1) is 0 Å². The fourth-order valence-corrected chi connectivity index (χ4v) is 3.74. The van der Waals surface area contributed by atoms with Crippen molar-refractivity contribution in [2.75, 3.05) is 26.3 Å². The van der Waals surface area contributed by atoms with Crippen LogP contribution in [0.25, 0.3) is 4.96 Å². The standard InChI is InChI=1S/C13H17N3O2S/c1-2-13(17-5-6-18-13)10-15(3-1)8-11-9-16-4-7-19-12(16)14-11/h4,7,9H,1-3,5-6,8,10H2. The van der Waals surface area contributed by atoms with E-state index in [4.69, 9.17) is 9.47 Å². The molecule has 0 aliphatic carbocycles. The third-order valence-electron chi connectivity index (χ3n) is 3.84. The minimum Gasteiger partial charge on any atom is -0.346 e. The zero-order valence-corrected chi connectivity index (χ0v) is 11.6. The van der Waals surface area contributed by atoms with E-state index >= 15 is 0 Å². The molecule has 2 aromatic rings. The number of imidazole rings is 1. The van der Waals surface area contributed by atoms with Crippen LogP contribution in [-0.2, 0) is 16.0 Å². The van der Waals surface area contributed by atoms with Gasteiger partial charge >= 0.3 is 0 Å². The first kappa shape index (κ1) is 11.8. The molecule has 0 amide bonds. The third-order valence-corrected chi connectivity index (χ3v) is 4.61. The Morgan fingerprint density at radius 3 is 3.11 bits per heavy atom. The number of piperidine rings is 1. The summed E-state index contributed by atoms with van der Waals surface area (Å²) in [4.78, 5) is 8.10. The zero-order valence-electron chi connectivity index (χ0n) is 10.7. The van der Waals surface area contributed by atoms with Gasteiger partial charge in [0.25, 0.3) is 0 Å². The smallest absolute Gasteiger partial charge is 0.193 e. The SMILES string of the molecule is c1cn2cc(CN3CCCC4(C3)OCCO4)nc2s1. The maximum absolute atomic E-state index is 5.81. The molecule has 2 fully saturated rings. The Balaban J connectivity index is 1.48. The Hall–Kier alpha value is -0.950. The highest BCUT2D eigenvalue weighted by molar-refractivity contribution is 7.15. The number of hydrogen-bond acceptors (Lipinski definition) is 5. The number of hydrogen-bond donors (Lipinski definition) is 0. The van der Waals surface area contributed by atoms with E-state index in [0.29, 0.717) is 0 Å². The summed E-state index contributed by atoms with van der Waals surface area (Å²) in [5.74, 6) is -0.338. The Bertz CT molecular complexity index is 545. The summed E-state index contributed by atoms with van der Waals surface area (Å²) in [6, 6.07) is 0. The van der Waals surface area contributed by atoms with E-state index in [1.165, 1.54) is 0 Å². The minimum absolute atomic E-state index is 0.338. The number of thiazole rings is 1. The van der Waals surface area contributed by atoms with Gasteiger partial charge in [0, 0.05) is 30.7 Å². The van der Waals surface area contributed by atoms with E-state index < -0.39 is 0 Å². The molecule has 0 unspecified atom stereocenters. The maximum Gasteiger partial charge on any atom is 0.193 e. The number of likely N-dealkylation sites (tertiary alicyclic amines) is 1.